The Morgan fingerprint density at radius 3 is 2.52 bits per heavy atom. The van der Waals surface area contributed by atoms with Gasteiger partial charge in [-0.05, 0) is 37.6 Å². The first-order valence-electron chi connectivity index (χ1n) is 9.27. The van der Waals surface area contributed by atoms with Gasteiger partial charge in [-0.1, -0.05) is 43.2 Å². The maximum atomic E-state index is 12.6. The molecule has 0 bridgehead atoms. The minimum absolute atomic E-state index is 0.0461. The molecule has 0 unspecified atom stereocenters. The number of anilines is 1. The summed E-state index contributed by atoms with van der Waals surface area (Å²) in [5, 5.41) is 2.79. The summed E-state index contributed by atoms with van der Waals surface area (Å²) in [6.07, 6.45) is 4.33. The quantitative estimate of drug-likeness (QED) is 0.398. The van der Waals surface area contributed by atoms with Crippen LogP contribution in [0.15, 0.2) is 48.5 Å². The summed E-state index contributed by atoms with van der Waals surface area (Å²) >= 11 is 0. The van der Waals surface area contributed by atoms with Gasteiger partial charge in [0.1, 0.15) is 0 Å². The SMILES string of the molecule is NCCCCCCC(=O)Nc1nc2ccc(C(=O)c3ccccc3)cc2[nH]1. The van der Waals surface area contributed by atoms with Crippen molar-refractivity contribution in [1.82, 2.24) is 9.97 Å². The van der Waals surface area contributed by atoms with Gasteiger partial charge in [0.05, 0.1) is 11.0 Å². The summed E-state index contributed by atoms with van der Waals surface area (Å²) in [6.45, 7) is 0.694. The van der Waals surface area contributed by atoms with E-state index in [1.807, 2.05) is 18.2 Å². The summed E-state index contributed by atoms with van der Waals surface area (Å²) in [5.41, 5.74) is 8.10. The first-order chi connectivity index (χ1) is 13.2. The van der Waals surface area contributed by atoms with Crippen LogP contribution in [0, 0.1) is 0 Å². The van der Waals surface area contributed by atoms with E-state index >= 15 is 0 Å². The molecule has 1 aromatic heterocycles. The largest absolute Gasteiger partial charge is 0.330 e. The van der Waals surface area contributed by atoms with E-state index in [4.69, 9.17) is 5.73 Å². The lowest BCUT2D eigenvalue weighted by molar-refractivity contribution is -0.116. The van der Waals surface area contributed by atoms with Gasteiger partial charge in [-0.25, -0.2) is 4.98 Å². The van der Waals surface area contributed by atoms with Gasteiger partial charge in [-0.15, -0.1) is 0 Å². The Balaban J connectivity index is 1.64. The molecule has 2 aromatic carbocycles. The van der Waals surface area contributed by atoms with Gasteiger partial charge in [0, 0.05) is 17.5 Å². The zero-order valence-electron chi connectivity index (χ0n) is 15.2. The highest BCUT2D eigenvalue weighted by Crippen LogP contribution is 2.19. The molecule has 6 nitrogen and oxygen atoms in total. The fourth-order valence-corrected chi connectivity index (χ4v) is 2.94. The normalized spacial score (nSPS) is 10.9. The molecule has 1 amide bonds. The molecule has 0 saturated heterocycles. The lowest BCUT2D eigenvalue weighted by Gasteiger charge is -2.01. The zero-order valence-corrected chi connectivity index (χ0v) is 15.2. The van der Waals surface area contributed by atoms with Crippen molar-refractivity contribution in [3.8, 4) is 0 Å². The van der Waals surface area contributed by atoms with Gasteiger partial charge in [-0.2, -0.15) is 0 Å². The van der Waals surface area contributed by atoms with Crippen molar-refractivity contribution in [3.63, 3.8) is 0 Å². The van der Waals surface area contributed by atoms with E-state index in [0.29, 0.717) is 35.6 Å². The van der Waals surface area contributed by atoms with E-state index in [1.165, 1.54) is 0 Å². The van der Waals surface area contributed by atoms with Crippen LogP contribution in [0.3, 0.4) is 0 Å². The van der Waals surface area contributed by atoms with Crippen molar-refractivity contribution in [2.45, 2.75) is 32.1 Å². The smallest absolute Gasteiger partial charge is 0.226 e. The molecule has 140 valence electrons. The molecule has 3 aromatic rings. The molecule has 0 atom stereocenters. The number of fused-ring (bicyclic) bond motifs is 1. The second kappa shape index (κ2) is 9.09. The first kappa shape index (κ1) is 18.8. The van der Waals surface area contributed by atoms with Crippen molar-refractivity contribution < 1.29 is 9.59 Å². The molecular weight excluding hydrogens is 340 g/mol. The average molecular weight is 364 g/mol. The summed E-state index contributed by atoms with van der Waals surface area (Å²) in [5.74, 6) is 0.291. The van der Waals surface area contributed by atoms with Gasteiger partial charge >= 0.3 is 0 Å². The van der Waals surface area contributed by atoms with Crippen molar-refractivity contribution in [2.75, 3.05) is 11.9 Å². The molecule has 0 fully saturated rings. The fraction of sp³-hybridized carbons (Fsp3) is 0.286. The van der Waals surface area contributed by atoms with Crippen LogP contribution in [0.1, 0.15) is 48.0 Å². The average Bonchev–Trinajstić information content (AvgIpc) is 3.09. The van der Waals surface area contributed by atoms with Crippen molar-refractivity contribution in [3.05, 3.63) is 59.7 Å². The topological polar surface area (TPSA) is 101 Å². The minimum atomic E-state index is -0.0672. The number of hydrogen-bond acceptors (Lipinski definition) is 4. The summed E-state index contributed by atoms with van der Waals surface area (Å²) in [4.78, 5) is 32.0. The molecule has 0 radical (unpaired) electrons. The van der Waals surface area contributed by atoms with Crippen LogP contribution in [0.4, 0.5) is 5.95 Å². The number of H-pyrrole nitrogens is 1. The molecular formula is C21H24N4O2. The number of nitrogens with one attached hydrogen (secondary N) is 2. The molecule has 0 spiro atoms. The van der Waals surface area contributed by atoms with Crippen molar-refractivity contribution >= 4 is 28.7 Å². The molecule has 27 heavy (non-hydrogen) atoms. The maximum Gasteiger partial charge on any atom is 0.226 e. The van der Waals surface area contributed by atoms with Crippen LogP contribution in [-0.2, 0) is 4.79 Å². The number of amides is 1. The number of imidazole rings is 1. The monoisotopic (exact) mass is 364 g/mol. The molecule has 0 saturated carbocycles. The Kier molecular flexibility index (Phi) is 6.33. The van der Waals surface area contributed by atoms with Gasteiger partial charge in [-0.3, -0.25) is 14.9 Å². The molecule has 3 rings (SSSR count). The number of unbranched alkanes of at least 4 members (excludes halogenated alkanes) is 3. The highest BCUT2D eigenvalue weighted by Gasteiger charge is 2.12. The third kappa shape index (κ3) is 5.01. The predicted molar refractivity (Wildman–Crippen MR) is 107 cm³/mol. The van der Waals surface area contributed by atoms with Crippen LogP contribution < -0.4 is 11.1 Å². The number of aromatic amines is 1. The number of carbonyl (C=O) groups is 2. The number of nitrogens with zero attached hydrogens (tertiary/aromatic N) is 1. The molecule has 4 N–H and O–H groups in total. The lowest BCUT2D eigenvalue weighted by Crippen LogP contribution is -2.12. The molecule has 6 heteroatoms. The maximum absolute atomic E-state index is 12.6. The molecule has 0 aliphatic carbocycles. The van der Waals surface area contributed by atoms with Crippen molar-refractivity contribution in [2.24, 2.45) is 5.73 Å². The molecule has 0 aliphatic rings. The van der Waals surface area contributed by atoms with Crippen LogP contribution in [0.2, 0.25) is 0 Å². The molecule has 0 aliphatic heterocycles. The van der Waals surface area contributed by atoms with Crippen LogP contribution in [0.5, 0.6) is 0 Å². The standard InChI is InChI=1S/C21H24N4O2/c22-13-7-2-1-6-10-19(26)25-21-23-17-12-11-16(14-18(17)24-21)20(27)15-8-4-3-5-9-15/h3-5,8-9,11-12,14H,1-2,6-7,10,13,22H2,(H2,23,24,25,26). The van der Waals surface area contributed by atoms with E-state index in [1.54, 1.807) is 30.3 Å². The molecule has 1 heterocycles. The minimum Gasteiger partial charge on any atom is -0.330 e. The Labute approximate surface area is 158 Å². The van der Waals surface area contributed by atoms with E-state index in [0.717, 1.165) is 31.2 Å². The van der Waals surface area contributed by atoms with Gasteiger partial charge < -0.3 is 10.7 Å². The Hall–Kier alpha value is -2.99. The van der Waals surface area contributed by atoms with E-state index in [9.17, 15) is 9.59 Å². The van der Waals surface area contributed by atoms with Crippen LogP contribution >= 0.6 is 0 Å². The third-order valence-electron chi connectivity index (χ3n) is 4.40. The fourth-order valence-electron chi connectivity index (χ4n) is 2.94. The Morgan fingerprint density at radius 2 is 1.74 bits per heavy atom. The summed E-state index contributed by atoms with van der Waals surface area (Å²) < 4.78 is 0. The van der Waals surface area contributed by atoms with Gasteiger partial charge in [0.15, 0.2) is 5.78 Å². The number of carbonyl (C=O) groups excluding carboxylic acids is 2. The lowest BCUT2D eigenvalue weighted by atomic mass is 10.0. The number of aromatic nitrogens is 2. The number of rotatable bonds is 9. The Bertz CT molecular complexity index is 918. The number of benzene rings is 2. The predicted octanol–water partition coefficient (Wildman–Crippen LogP) is 3.64. The van der Waals surface area contributed by atoms with Crippen molar-refractivity contribution in [1.29, 1.82) is 0 Å². The number of nitrogens with two attached hydrogens (primary N) is 1. The van der Waals surface area contributed by atoms with E-state index < -0.39 is 0 Å². The number of ketones is 1. The second-order valence-corrected chi connectivity index (χ2v) is 6.51. The van der Waals surface area contributed by atoms with E-state index in [2.05, 4.69) is 15.3 Å². The van der Waals surface area contributed by atoms with Gasteiger partial charge in [0.25, 0.3) is 0 Å². The second-order valence-electron chi connectivity index (χ2n) is 6.51. The Morgan fingerprint density at radius 1 is 0.963 bits per heavy atom. The first-order valence-corrected chi connectivity index (χ1v) is 9.27. The van der Waals surface area contributed by atoms with Gasteiger partial charge in [0.2, 0.25) is 11.9 Å². The van der Waals surface area contributed by atoms with Crippen LogP contribution in [0.25, 0.3) is 11.0 Å². The van der Waals surface area contributed by atoms with E-state index in [-0.39, 0.29) is 11.7 Å². The zero-order chi connectivity index (χ0) is 19.1. The van der Waals surface area contributed by atoms with Crippen LogP contribution in [-0.4, -0.2) is 28.2 Å². The summed E-state index contributed by atoms with van der Waals surface area (Å²) in [6, 6.07) is 14.4. The highest BCUT2D eigenvalue weighted by molar-refractivity contribution is 6.10. The number of hydrogen-bond donors (Lipinski definition) is 3. The summed E-state index contributed by atoms with van der Waals surface area (Å²) in [7, 11) is 0. The highest BCUT2D eigenvalue weighted by atomic mass is 16.1. The third-order valence-corrected chi connectivity index (χ3v) is 4.40.